The fraction of sp³-hybridized carbons (Fsp3) is 0.308. The molecule has 2 heterocycles. The molecule has 0 fully saturated rings. The molecule has 0 aliphatic carbocycles. The highest BCUT2D eigenvalue weighted by atomic mass is 35.5. The molecule has 3 aromatic rings. The van der Waals surface area contributed by atoms with Gasteiger partial charge in [-0.1, -0.05) is 11.6 Å². The smallest absolute Gasteiger partial charge is 0.401 e. The highest BCUT2D eigenvalue weighted by Gasteiger charge is 2.54. The number of carbonyl (C=O) groups is 1. The number of benzene rings is 2. The van der Waals surface area contributed by atoms with Crippen molar-refractivity contribution in [1.29, 1.82) is 0 Å². The van der Waals surface area contributed by atoms with E-state index in [0.29, 0.717) is 22.6 Å². The fourth-order valence-electron chi connectivity index (χ4n) is 3.72. The summed E-state index contributed by atoms with van der Waals surface area (Å²) in [4.78, 5) is 17.0. The lowest BCUT2D eigenvalue weighted by molar-refractivity contribution is -0.184. The largest absolute Gasteiger partial charge is 0.454 e. The van der Waals surface area contributed by atoms with Crippen LogP contribution in [-0.4, -0.2) is 30.4 Å². The van der Waals surface area contributed by atoms with Crippen LogP contribution in [0.2, 0.25) is 5.02 Å². The minimum absolute atomic E-state index is 0.00630. The second-order valence-corrected chi connectivity index (χ2v) is 9.96. The van der Waals surface area contributed by atoms with Crippen molar-refractivity contribution in [1.82, 2.24) is 10.3 Å². The molecule has 0 radical (unpaired) electrons. The molecule has 11 heteroatoms. The van der Waals surface area contributed by atoms with Crippen LogP contribution in [0.4, 0.5) is 17.6 Å². The molecule has 37 heavy (non-hydrogen) atoms. The van der Waals surface area contributed by atoms with E-state index < -0.39 is 35.4 Å². The van der Waals surface area contributed by atoms with Gasteiger partial charge in [-0.25, -0.2) is 4.39 Å². The van der Waals surface area contributed by atoms with Crippen LogP contribution >= 0.6 is 11.6 Å². The van der Waals surface area contributed by atoms with Crippen molar-refractivity contribution >= 4 is 17.5 Å². The van der Waals surface area contributed by atoms with Gasteiger partial charge in [-0.2, -0.15) is 13.2 Å². The first kappa shape index (κ1) is 26.7. The molecular weight excluding hydrogens is 514 g/mol. The third-order valence-corrected chi connectivity index (χ3v) is 6.50. The lowest BCUT2D eigenvalue weighted by Gasteiger charge is -2.33. The zero-order chi connectivity index (χ0) is 27.2. The number of amides is 1. The van der Waals surface area contributed by atoms with Gasteiger partial charge in [-0.05, 0) is 74.9 Å². The number of hydrogen-bond donors (Lipinski definition) is 2. The Morgan fingerprint density at radius 3 is 2.41 bits per heavy atom. The molecule has 1 unspecified atom stereocenters. The SMILES string of the molecule is CC(C)(N)c1cc(-c2ccc(F)c(Cl)c2)nc(C(C)(CNC(=O)c2ccc3c(c2)OCO3)C(F)(F)F)c1. The Morgan fingerprint density at radius 1 is 1.05 bits per heavy atom. The maximum Gasteiger partial charge on any atom is 0.401 e. The van der Waals surface area contributed by atoms with Gasteiger partial charge in [-0.3, -0.25) is 9.78 Å². The number of nitrogens with one attached hydrogen (secondary N) is 1. The van der Waals surface area contributed by atoms with Gasteiger partial charge in [0.2, 0.25) is 6.79 Å². The Labute approximate surface area is 215 Å². The van der Waals surface area contributed by atoms with Crippen molar-refractivity contribution in [2.24, 2.45) is 5.73 Å². The van der Waals surface area contributed by atoms with Gasteiger partial charge in [0.1, 0.15) is 11.2 Å². The summed E-state index contributed by atoms with van der Waals surface area (Å²) in [5.74, 6) is -0.633. The number of nitrogens with zero attached hydrogens (tertiary/aromatic N) is 1. The van der Waals surface area contributed by atoms with Crippen molar-refractivity contribution < 1.29 is 31.8 Å². The molecule has 4 rings (SSSR count). The van der Waals surface area contributed by atoms with Crippen molar-refractivity contribution in [2.75, 3.05) is 13.3 Å². The minimum atomic E-state index is -4.81. The first-order chi connectivity index (χ1) is 17.2. The molecule has 1 amide bonds. The molecule has 1 aliphatic heterocycles. The monoisotopic (exact) mass is 537 g/mol. The number of ether oxygens (including phenoxy) is 2. The molecule has 0 saturated carbocycles. The summed E-state index contributed by atoms with van der Waals surface area (Å²) in [6.45, 7) is 3.41. The summed E-state index contributed by atoms with van der Waals surface area (Å²) in [5, 5.41) is 2.17. The number of pyridine rings is 1. The van der Waals surface area contributed by atoms with Crippen LogP contribution < -0.4 is 20.5 Å². The number of aromatic nitrogens is 1. The van der Waals surface area contributed by atoms with E-state index in [-0.39, 0.29) is 28.8 Å². The lowest BCUT2D eigenvalue weighted by atomic mass is 9.82. The number of hydrogen-bond acceptors (Lipinski definition) is 5. The van der Waals surface area contributed by atoms with E-state index in [0.717, 1.165) is 13.0 Å². The van der Waals surface area contributed by atoms with E-state index in [1.54, 1.807) is 13.8 Å². The third-order valence-electron chi connectivity index (χ3n) is 6.21. The number of fused-ring (bicyclic) bond motifs is 1. The summed E-state index contributed by atoms with van der Waals surface area (Å²) >= 11 is 5.90. The number of halogens is 5. The number of rotatable bonds is 6. The second-order valence-electron chi connectivity index (χ2n) is 9.56. The van der Waals surface area contributed by atoms with Crippen molar-refractivity contribution in [3.8, 4) is 22.8 Å². The summed E-state index contributed by atoms with van der Waals surface area (Å²) < 4.78 is 67.9. The zero-order valence-electron chi connectivity index (χ0n) is 20.2. The van der Waals surface area contributed by atoms with Crippen LogP contribution in [0.5, 0.6) is 11.5 Å². The Hall–Kier alpha value is -3.37. The van der Waals surface area contributed by atoms with Gasteiger partial charge in [0.15, 0.2) is 11.5 Å². The molecule has 196 valence electrons. The molecule has 3 N–H and O–H groups in total. The zero-order valence-corrected chi connectivity index (χ0v) is 20.9. The summed E-state index contributed by atoms with van der Waals surface area (Å²) in [7, 11) is 0. The maximum atomic E-state index is 14.6. The van der Waals surface area contributed by atoms with Crippen LogP contribution in [0.1, 0.15) is 42.4 Å². The predicted molar refractivity (Wildman–Crippen MR) is 130 cm³/mol. The van der Waals surface area contributed by atoms with E-state index >= 15 is 0 Å². The van der Waals surface area contributed by atoms with E-state index in [1.165, 1.54) is 42.5 Å². The Morgan fingerprint density at radius 2 is 1.76 bits per heavy atom. The quantitative estimate of drug-likeness (QED) is 0.393. The van der Waals surface area contributed by atoms with E-state index in [2.05, 4.69) is 10.3 Å². The second kappa shape index (κ2) is 9.50. The number of nitrogens with two attached hydrogens (primary N) is 1. The van der Waals surface area contributed by atoms with Crippen molar-refractivity contribution in [3.05, 3.63) is 76.2 Å². The van der Waals surface area contributed by atoms with E-state index in [1.807, 2.05) is 0 Å². The molecule has 1 aliphatic rings. The average Bonchev–Trinajstić information content (AvgIpc) is 3.30. The molecule has 0 saturated heterocycles. The van der Waals surface area contributed by atoms with Crippen LogP contribution in [0.25, 0.3) is 11.3 Å². The third kappa shape index (κ3) is 5.35. The fourth-order valence-corrected chi connectivity index (χ4v) is 3.90. The molecular formula is C26H24ClF4N3O3. The van der Waals surface area contributed by atoms with Crippen molar-refractivity contribution in [2.45, 2.75) is 37.9 Å². The van der Waals surface area contributed by atoms with Gasteiger partial charge in [0.25, 0.3) is 5.91 Å². The first-order valence-corrected chi connectivity index (χ1v) is 11.6. The van der Waals surface area contributed by atoms with Crippen LogP contribution in [0.3, 0.4) is 0 Å². The molecule has 0 bridgehead atoms. The molecule has 0 spiro atoms. The molecule has 1 aromatic heterocycles. The van der Waals surface area contributed by atoms with Gasteiger partial charge >= 0.3 is 6.18 Å². The van der Waals surface area contributed by atoms with E-state index in [4.69, 9.17) is 26.8 Å². The highest BCUT2D eigenvalue weighted by molar-refractivity contribution is 6.31. The van der Waals surface area contributed by atoms with Crippen LogP contribution in [-0.2, 0) is 11.0 Å². The number of carbonyl (C=O) groups excluding carboxylic acids is 1. The Kier molecular flexibility index (Phi) is 6.85. The van der Waals surface area contributed by atoms with Crippen LogP contribution in [0, 0.1) is 5.82 Å². The number of alkyl halides is 3. The minimum Gasteiger partial charge on any atom is -0.454 e. The standard InChI is InChI=1S/C26H24ClF4N3O3/c1-24(2,32)16-10-19(14-4-6-18(28)17(27)8-14)34-22(11-16)25(3,26(29,30)31)12-33-23(35)15-5-7-20-21(9-15)37-13-36-20/h4-11H,12-13,32H2,1-3H3,(H,33,35). The van der Waals surface area contributed by atoms with Gasteiger partial charge in [-0.15, -0.1) is 0 Å². The molecule has 6 nitrogen and oxygen atoms in total. The average molecular weight is 538 g/mol. The maximum absolute atomic E-state index is 14.6. The summed E-state index contributed by atoms with van der Waals surface area (Å²) in [5.41, 5.74) is 3.16. The van der Waals surface area contributed by atoms with E-state index in [9.17, 15) is 22.4 Å². The highest BCUT2D eigenvalue weighted by Crippen LogP contribution is 2.42. The van der Waals surface area contributed by atoms with Crippen LogP contribution in [0.15, 0.2) is 48.5 Å². The first-order valence-electron chi connectivity index (χ1n) is 11.2. The molecule has 2 aromatic carbocycles. The normalized spacial score (nSPS) is 14.8. The van der Waals surface area contributed by atoms with Gasteiger partial charge in [0, 0.05) is 23.2 Å². The van der Waals surface area contributed by atoms with Crippen molar-refractivity contribution in [3.63, 3.8) is 0 Å². The molecule has 1 atom stereocenters. The summed E-state index contributed by atoms with van der Waals surface area (Å²) in [6, 6.07) is 10.9. The Bertz CT molecular complexity index is 1360. The van der Waals surface area contributed by atoms with Gasteiger partial charge in [0.05, 0.1) is 16.4 Å². The lowest BCUT2D eigenvalue weighted by Crippen LogP contribution is -2.49. The van der Waals surface area contributed by atoms with Gasteiger partial charge < -0.3 is 20.5 Å². The predicted octanol–water partition coefficient (Wildman–Crippen LogP) is 5.71. The summed E-state index contributed by atoms with van der Waals surface area (Å²) in [6.07, 6.45) is -4.81. The topological polar surface area (TPSA) is 86.5 Å². The Balaban J connectivity index is 1.74.